The zero-order chi connectivity index (χ0) is 13.1. The number of hydrogen-bond acceptors (Lipinski definition) is 2. The molecular weight excluding hydrogens is 234 g/mol. The Bertz CT molecular complexity index is 407. The van der Waals surface area contributed by atoms with Crippen LogP contribution in [-0.4, -0.2) is 11.3 Å². The summed E-state index contributed by atoms with van der Waals surface area (Å²) in [6, 6.07) is 5.78. The van der Waals surface area contributed by atoms with Crippen LogP contribution in [0.4, 0.5) is 0 Å². The van der Waals surface area contributed by atoms with Gasteiger partial charge in [-0.05, 0) is 44.4 Å². The van der Waals surface area contributed by atoms with E-state index in [1.807, 2.05) is 39.0 Å². The summed E-state index contributed by atoms with van der Waals surface area (Å²) in [4.78, 5) is 11.8. The first-order chi connectivity index (χ1) is 7.78. The number of carbonyl (C=O) groups excluding carboxylic acids is 1. The third-order valence-corrected chi connectivity index (χ3v) is 3.00. The highest BCUT2D eigenvalue weighted by atomic mass is 35.5. The van der Waals surface area contributed by atoms with E-state index in [2.05, 4.69) is 0 Å². The fourth-order valence-corrected chi connectivity index (χ4v) is 1.86. The predicted octanol–water partition coefficient (Wildman–Crippen LogP) is 3.28. The van der Waals surface area contributed by atoms with Crippen LogP contribution in [0.5, 0.6) is 0 Å². The van der Waals surface area contributed by atoms with Gasteiger partial charge in [-0.3, -0.25) is 4.79 Å². The molecule has 0 atom stereocenters. The Balaban J connectivity index is 2.57. The largest absolute Gasteiger partial charge is 0.326 e. The summed E-state index contributed by atoms with van der Waals surface area (Å²) in [5, 5.41) is 0.672. The molecular formula is C14H20ClNO. The van der Waals surface area contributed by atoms with Gasteiger partial charge in [0.25, 0.3) is 0 Å². The Morgan fingerprint density at radius 3 is 2.59 bits per heavy atom. The van der Waals surface area contributed by atoms with E-state index in [4.69, 9.17) is 17.3 Å². The molecule has 1 rings (SSSR count). The van der Waals surface area contributed by atoms with Crippen LogP contribution in [0, 0.1) is 6.92 Å². The summed E-state index contributed by atoms with van der Waals surface area (Å²) in [5.41, 5.74) is 7.57. The predicted molar refractivity (Wildman–Crippen MR) is 72.4 cm³/mol. The maximum Gasteiger partial charge on any atom is 0.137 e. The number of halogens is 1. The van der Waals surface area contributed by atoms with Gasteiger partial charge >= 0.3 is 0 Å². The van der Waals surface area contributed by atoms with Gasteiger partial charge in [0.05, 0.1) is 0 Å². The summed E-state index contributed by atoms with van der Waals surface area (Å²) in [7, 11) is 0. The van der Waals surface area contributed by atoms with Crippen molar-refractivity contribution in [1.29, 1.82) is 0 Å². The highest BCUT2D eigenvalue weighted by molar-refractivity contribution is 6.31. The van der Waals surface area contributed by atoms with Crippen LogP contribution in [0.3, 0.4) is 0 Å². The topological polar surface area (TPSA) is 43.1 Å². The summed E-state index contributed by atoms with van der Waals surface area (Å²) >= 11 is 6.09. The summed E-state index contributed by atoms with van der Waals surface area (Å²) in [6.07, 6.45) is 1.61. The molecule has 2 N–H and O–H groups in total. The van der Waals surface area contributed by atoms with Crippen LogP contribution in [0.25, 0.3) is 0 Å². The van der Waals surface area contributed by atoms with Crippen molar-refractivity contribution in [2.24, 2.45) is 5.73 Å². The minimum atomic E-state index is -0.285. The number of hydrogen-bond donors (Lipinski definition) is 1. The fourth-order valence-electron chi connectivity index (χ4n) is 1.56. The molecule has 17 heavy (non-hydrogen) atoms. The third kappa shape index (κ3) is 5.33. The number of carbonyl (C=O) groups is 1. The average molecular weight is 254 g/mol. The average Bonchev–Trinajstić information content (AvgIpc) is 2.18. The lowest BCUT2D eigenvalue weighted by atomic mass is 9.96. The molecule has 0 aliphatic rings. The molecule has 0 saturated carbocycles. The van der Waals surface area contributed by atoms with Gasteiger partial charge in [0.2, 0.25) is 0 Å². The Morgan fingerprint density at radius 1 is 1.41 bits per heavy atom. The van der Waals surface area contributed by atoms with E-state index in [1.165, 1.54) is 0 Å². The molecule has 0 fully saturated rings. The molecule has 0 radical (unpaired) electrons. The minimum Gasteiger partial charge on any atom is -0.326 e. The first-order valence-electron chi connectivity index (χ1n) is 5.83. The molecule has 0 aliphatic heterocycles. The van der Waals surface area contributed by atoms with E-state index in [0.29, 0.717) is 24.3 Å². The second-order valence-corrected chi connectivity index (χ2v) is 5.71. The smallest absolute Gasteiger partial charge is 0.137 e. The zero-order valence-corrected chi connectivity index (χ0v) is 11.5. The number of Topliss-reactive ketones (excluding diaryl/α,β-unsaturated/α-hetero) is 1. The van der Waals surface area contributed by atoms with Gasteiger partial charge in [0.1, 0.15) is 5.78 Å². The van der Waals surface area contributed by atoms with Gasteiger partial charge in [0.15, 0.2) is 0 Å². The van der Waals surface area contributed by atoms with Crippen LogP contribution in [0.15, 0.2) is 18.2 Å². The monoisotopic (exact) mass is 253 g/mol. The van der Waals surface area contributed by atoms with E-state index in [0.717, 1.165) is 11.1 Å². The summed E-state index contributed by atoms with van der Waals surface area (Å²) < 4.78 is 0. The first-order valence-corrected chi connectivity index (χ1v) is 6.21. The van der Waals surface area contributed by atoms with Gasteiger partial charge in [-0.25, -0.2) is 0 Å². The van der Waals surface area contributed by atoms with E-state index in [9.17, 15) is 4.79 Å². The van der Waals surface area contributed by atoms with Gasteiger partial charge in [-0.2, -0.15) is 0 Å². The lowest BCUT2D eigenvalue weighted by Gasteiger charge is -2.17. The molecule has 1 aromatic carbocycles. The molecule has 0 saturated heterocycles. The Kier molecular flexibility index (Phi) is 4.72. The molecule has 0 aliphatic carbocycles. The van der Waals surface area contributed by atoms with Gasteiger partial charge in [0, 0.05) is 23.4 Å². The van der Waals surface area contributed by atoms with Crippen LogP contribution in [0.1, 0.15) is 37.8 Å². The highest BCUT2D eigenvalue weighted by Gasteiger charge is 2.14. The molecule has 3 heteroatoms. The molecule has 0 unspecified atom stereocenters. The zero-order valence-electron chi connectivity index (χ0n) is 10.7. The van der Waals surface area contributed by atoms with Crippen molar-refractivity contribution >= 4 is 17.4 Å². The number of rotatable bonds is 5. The van der Waals surface area contributed by atoms with Crippen molar-refractivity contribution in [3.8, 4) is 0 Å². The third-order valence-electron chi connectivity index (χ3n) is 2.64. The summed E-state index contributed by atoms with van der Waals surface area (Å²) in [5.74, 6) is 0.189. The number of benzene rings is 1. The fraction of sp³-hybridized carbons (Fsp3) is 0.500. The molecule has 0 amide bonds. The molecule has 94 valence electrons. The van der Waals surface area contributed by atoms with Crippen molar-refractivity contribution < 1.29 is 4.79 Å². The molecule has 1 aromatic rings. The van der Waals surface area contributed by atoms with Crippen molar-refractivity contribution in [1.82, 2.24) is 0 Å². The van der Waals surface area contributed by atoms with E-state index in [1.54, 1.807) is 0 Å². The Labute approximate surface area is 108 Å². The normalized spacial score (nSPS) is 11.6. The van der Waals surface area contributed by atoms with Crippen molar-refractivity contribution in [2.45, 2.75) is 45.6 Å². The first kappa shape index (κ1) is 14.2. The molecule has 0 spiro atoms. The summed E-state index contributed by atoms with van der Waals surface area (Å²) in [6.45, 7) is 5.84. The van der Waals surface area contributed by atoms with Crippen molar-refractivity contribution in [3.05, 3.63) is 34.3 Å². The number of nitrogens with two attached hydrogens (primary N) is 1. The van der Waals surface area contributed by atoms with Gasteiger partial charge in [-0.1, -0.05) is 23.7 Å². The second kappa shape index (κ2) is 5.65. The van der Waals surface area contributed by atoms with Crippen LogP contribution >= 0.6 is 11.6 Å². The maximum atomic E-state index is 11.8. The standard InChI is InChI=1S/C14H20ClNO/c1-10-4-5-11(13(15)8-10)9-12(17)6-7-14(2,3)16/h4-5,8H,6-7,9,16H2,1-3H3. The van der Waals surface area contributed by atoms with E-state index >= 15 is 0 Å². The molecule has 2 nitrogen and oxygen atoms in total. The number of ketones is 1. The van der Waals surface area contributed by atoms with Gasteiger partial charge < -0.3 is 5.73 Å². The van der Waals surface area contributed by atoms with Gasteiger partial charge in [-0.15, -0.1) is 0 Å². The minimum absolute atomic E-state index is 0.189. The molecule has 0 heterocycles. The Morgan fingerprint density at radius 2 is 2.06 bits per heavy atom. The van der Waals surface area contributed by atoms with E-state index < -0.39 is 0 Å². The lowest BCUT2D eigenvalue weighted by molar-refractivity contribution is -0.118. The van der Waals surface area contributed by atoms with Crippen molar-refractivity contribution in [3.63, 3.8) is 0 Å². The maximum absolute atomic E-state index is 11.8. The number of aryl methyl sites for hydroxylation is 1. The van der Waals surface area contributed by atoms with E-state index in [-0.39, 0.29) is 11.3 Å². The quantitative estimate of drug-likeness (QED) is 0.875. The SMILES string of the molecule is Cc1ccc(CC(=O)CCC(C)(C)N)c(Cl)c1. The van der Waals surface area contributed by atoms with Crippen LogP contribution < -0.4 is 5.73 Å². The highest BCUT2D eigenvalue weighted by Crippen LogP contribution is 2.19. The molecule has 0 aromatic heterocycles. The van der Waals surface area contributed by atoms with Crippen molar-refractivity contribution in [2.75, 3.05) is 0 Å². The Hall–Kier alpha value is -0.860. The second-order valence-electron chi connectivity index (χ2n) is 5.30. The van der Waals surface area contributed by atoms with Crippen LogP contribution in [-0.2, 0) is 11.2 Å². The molecule has 0 bridgehead atoms. The van der Waals surface area contributed by atoms with Crippen LogP contribution in [0.2, 0.25) is 5.02 Å². The lowest BCUT2D eigenvalue weighted by Crippen LogP contribution is -2.32.